The highest BCUT2D eigenvalue weighted by Gasteiger charge is 2.30. The Morgan fingerprint density at radius 2 is 1.60 bits per heavy atom. The maximum Gasteiger partial charge on any atom is 0.167 e. The summed E-state index contributed by atoms with van der Waals surface area (Å²) in [5.41, 5.74) is 5.14. The fourth-order valence-corrected chi connectivity index (χ4v) is 5.72. The summed E-state index contributed by atoms with van der Waals surface area (Å²) in [6, 6.07) is 12.9. The Balaban J connectivity index is 1.72. The first-order valence-electron chi connectivity index (χ1n) is 10.8. The number of hydrogen-bond donors (Lipinski definition) is 1. The summed E-state index contributed by atoms with van der Waals surface area (Å²) < 4.78 is 0. The Hall–Kier alpha value is -1.65. The molecule has 0 aliphatic heterocycles. The van der Waals surface area contributed by atoms with Crippen LogP contribution in [0, 0.1) is 12.8 Å². The molecule has 1 atom stereocenters. The number of hydrogen-bond acceptors (Lipinski definition) is 4. The summed E-state index contributed by atoms with van der Waals surface area (Å²) in [5.74, 6) is 1.58. The van der Waals surface area contributed by atoms with Gasteiger partial charge in [0.1, 0.15) is 5.76 Å². The molecule has 0 bridgehead atoms. The smallest absolute Gasteiger partial charge is 0.167 e. The highest BCUT2D eigenvalue weighted by atomic mass is 32.2. The van der Waals surface area contributed by atoms with Crippen molar-refractivity contribution in [3.63, 3.8) is 0 Å². The molecule has 0 saturated carbocycles. The number of Topliss-reactive ketones (excluding diaryl/α,β-unsaturated/α-hetero) is 1. The molecule has 0 radical (unpaired) electrons. The van der Waals surface area contributed by atoms with Gasteiger partial charge in [-0.3, -0.25) is 4.79 Å². The zero-order valence-electron chi connectivity index (χ0n) is 18.5. The zero-order chi connectivity index (χ0) is 21.7. The highest BCUT2D eigenvalue weighted by molar-refractivity contribution is 7.99. The van der Waals surface area contributed by atoms with E-state index in [1.807, 2.05) is 11.8 Å². The third-order valence-electron chi connectivity index (χ3n) is 5.84. The SMILES string of the molecule is CCc1cc(C)cc(CC)c1C1=C(O)CC(CCSc2ccc(SC)cc2)CC1=O. The van der Waals surface area contributed by atoms with Crippen LogP contribution in [-0.2, 0) is 17.6 Å². The van der Waals surface area contributed by atoms with Gasteiger partial charge in [-0.05, 0) is 85.1 Å². The van der Waals surface area contributed by atoms with Crippen LogP contribution in [0.15, 0.2) is 51.9 Å². The predicted octanol–water partition coefficient (Wildman–Crippen LogP) is 7.27. The minimum Gasteiger partial charge on any atom is -0.512 e. The maximum absolute atomic E-state index is 13.1. The molecule has 4 heteroatoms. The van der Waals surface area contributed by atoms with E-state index in [2.05, 4.69) is 63.4 Å². The Bertz CT molecular complexity index is 904. The van der Waals surface area contributed by atoms with E-state index in [0.717, 1.165) is 30.6 Å². The topological polar surface area (TPSA) is 37.3 Å². The fourth-order valence-electron chi connectivity index (χ4n) is 4.30. The summed E-state index contributed by atoms with van der Waals surface area (Å²) in [4.78, 5) is 15.6. The normalized spacial score (nSPS) is 16.9. The average Bonchev–Trinajstić information content (AvgIpc) is 2.74. The second-order valence-corrected chi connectivity index (χ2v) is 10.0. The van der Waals surface area contributed by atoms with Gasteiger partial charge < -0.3 is 5.11 Å². The van der Waals surface area contributed by atoms with Gasteiger partial charge in [0.15, 0.2) is 5.78 Å². The molecule has 0 amide bonds. The molecule has 0 fully saturated rings. The molecule has 30 heavy (non-hydrogen) atoms. The Labute approximate surface area is 189 Å². The van der Waals surface area contributed by atoms with Gasteiger partial charge >= 0.3 is 0 Å². The molecule has 0 heterocycles. The van der Waals surface area contributed by atoms with E-state index in [0.29, 0.717) is 24.2 Å². The van der Waals surface area contributed by atoms with E-state index in [-0.39, 0.29) is 11.7 Å². The van der Waals surface area contributed by atoms with Crippen molar-refractivity contribution in [1.29, 1.82) is 0 Å². The second-order valence-electron chi connectivity index (χ2n) is 8.00. The number of rotatable bonds is 8. The summed E-state index contributed by atoms with van der Waals surface area (Å²) in [7, 11) is 0. The van der Waals surface area contributed by atoms with Crippen molar-refractivity contribution in [2.75, 3.05) is 12.0 Å². The van der Waals surface area contributed by atoms with Crippen molar-refractivity contribution in [2.24, 2.45) is 5.92 Å². The molecule has 1 unspecified atom stereocenters. The number of thioether (sulfide) groups is 2. The first kappa shape index (κ1) is 23.0. The number of aliphatic hydroxyl groups excluding tert-OH is 1. The molecule has 1 aliphatic carbocycles. The van der Waals surface area contributed by atoms with Crippen LogP contribution in [0.25, 0.3) is 5.57 Å². The van der Waals surface area contributed by atoms with Crippen LogP contribution in [0.5, 0.6) is 0 Å². The van der Waals surface area contributed by atoms with Crippen LogP contribution in [0.1, 0.15) is 55.4 Å². The Morgan fingerprint density at radius 3 is 2.13 bits per heavy atom. The van der Waals surface area contributed by atoms with Crippen molar-refractivity contribution < 1.29 is 9.90 Å². The molecule has 1 N–H and O–H groups in total. The van der Waals surface area contributed by atoms with Gasteiger partial charge in [-0.2, -0.15) is 0 Å². The molecule has 3 rings (SSSR count). The minimum atomic E-state index is 0.103. The number of allylic oxidation sites excluding steroid dienone is 2. The quantitative estimate of drug-likeness (QED) is 0.438. The van der Waals surface area contributed by atoms with Gasteiger partial charge in [-0.25, -0.2) is 0 Å². The minimum absolute atomic E-state index is 0.103. The summed E-state index contributed by atoms with van der Waals surface area (Å²) in [6.07, 6.45) is 5.89. The lowest BCUT2D eigenvalue weighted by atomic mass is 9.79. The molecular formula is C26H32O2S2. The summed E-state index contributed by atoms with van der Waals surface area (Å²) >= 11 is 3.58. The third kappa shape index (κ3) is 5.33. The molecular weight excluding hydrogens is 408 g/mol. The van der Waals surface area contributed by atoms with E-state index in [1.54, 1.807) is 11.8 Å². The molecule has 160 valence electrons. The van der Waals surface area contributed by atoms with Crippen molar-refractivity contribution in [2.45, 2.75) is 62.7 Å². The van der Waals surface area contributed by atoms with Crippen LogP contribution in [0.3, 0.4) is 0 Å². The third-order valence-corrected chi connectivity index (χ3v) is 7.62. The van der Waals surface area contributed by atoms with Crippen LogP contribution in [-0.4, -0.2) is 22.9 Å². The number of benzene rings is 2. The zero-order valence-corrected chi connectivity index (χ0v) is 20.1. The Morgan fingerprint density at radius 1 is 1.00 bits per heavy atom. The monoisotopic (exact) mass is 440 g/mol. The van der Waals surface area contributed by atoms with E-state index in [4.69, 9.17) is 0 Å². The fraction of sp³-hybridized carbons (Fsp3) is 0.423. The number of carbonyl (C=O) groups excluding carboxylic acids is 1. The lowest BCUT2D eigenvalue weighted by Crippen LogP contribution is -2.21. The first-order chi connectivity index (χ1) is 14.5. The van der Waals surface area contributed by atoms with E-state index in [1.165, 1.54) is 26.5 Å². The number of carbonyl (C=O) groups is 1. The molecule has 0 aromatic heterocycles. The lowest BCUT2D eigenvalue weighted by Gasteiger charge is -2.26. The Kier molecular flexibility index (Phi) is 8.13. The lowest BCUT2D eigenvalue weighted by molar-refractivity contribution is -0.115. The van der Waals surface area contributed by atoms with Crippen molar-refractivity contribution in [1.82, 2.24) is 0 Å². The van der Waals surface area contributed by atoms with Gasteiger partial charge in [-0.15, -0.1) is 23.5 Å². The van der Waals surface area contributed by atoms with Crippen LogP contribution >= 0.6 is 23.5 Å². The molecule has 2 aromatic carbocycles. The van der Waals surface area contributed by atoms with Crippen LogP contribution in [0.2, 0.25) is 0 Å². The average molecular weight is 441 g/mol. The molecule has 1 aliphatic rings. The van der Waals surface area contributed by atoms with Gasteiger partial charge in [0.05, 0.1) is 5.57 Å². The van der Waals surface area contributed by atoms with Crippen molar-refractivity contribution in [3.8, 4) is 0 Å². The molecule has 2 nitrogen and oxygen atoms in total. The van der Waals surface area contributed by atoms with Gasteiger partial charge in [0.25, 0.3) is 0 Å². The van der Waals surface area contributed by atoms with E-state index in [9.17, 15) is 9.90 Å². The van der Waals surface area contributed by atoms with Crippen molar-refractivity contribution in [3.05, 3.63) is 64.4 Å². The largest absolute Gasteiger partial charge is 0.512 e. The number of aliphatic hydroxyl groups is 1. The predicted molar refractivity (Wildman–Crippen MR) is 131 cm³/mol. The van der Waals surface area contributed by atoms with Crippen LogP contribution in [0.4, 0.5) is 0 Å². The number of ketones is 1. The van der Waals surface area contributed by atoms with Gasteiger partial charge in [0, 0.05) is 22.6 Å². The molecule has 0 saturated heterocycles. The standard InChI is InChI=1S/C26H32O2S2/c1-5-19-13-17(3)14-20(6-2)25(19)26-23(27)15-18(16-24(26)28)11-12-30-22-9-7-21(29-4)8-10-22/h7-10,13-14,18,27H,5-6,11-12,15-16H2,1-4H3. The molecule has 0 spiro atoms. The second kappa shape index (κ2) is 10.6. The summed E-state index contributed by atoms with van der Waals surface area (Å²) in [5, 5.41) is 10.9. The number of aryl methyl sites for hydroxylation is 3. The van der Waals surface area contributed by atoms with E-state index >= 15 is 0 Å². The van der Waals surface area contributed by atoms with Crippen molar-refractivity contribution >= 4 is 34.9 Å². The first-order valence-corrected chi connectivity index (χ1v) is 13.0. The highest BCUT2D eigenvalue weighted by Crippen LogP contribution is 2.38. The van der Waals surface area contributed by atoms with E-state index < -0.39 is 0 Å². The van der Waals surface area contributed by atoms with Gasteiger partial charge in [-0.1, -0.05) is 31.5 Å². The van der Waals surface area contributed by atoms with Gasteiger partial charge in [0.2, 0.25) is 0 Å². The maximum atomic E-state index is 13.1. The summed E-state index contributed by atoms with van der Waals surface area (Å²) in [6.45, 7) is 6.34. The molecule has 2 aromatic rings. The van der Waals surface area contributed by atoms with Crippen LogP contribution < -0.4 is 0 Å².